The molecule has 0 atom stereocenters. The van der Waals surface area contributed by atoms with Crippen LogP contribution >= 0.6 is 0 Å². The third-order valence-electron chi connectivity index (χ3n) is 4.18. The van der Waals surface area contributed by atoms with E-state index in [1.807, 2.05) is 6.92 Å². The van der Waals surface area contributed by atoms with E-state index in [1.54, 1.807) is 0 Å². The lowest BCUT2D eigenvalue weighted by Crippen LogP contribution is -2.01. The molecule has 0 N–H and O–H groups in total. The molecule has 0 fully saturated rings. The fraction of sp³-hybridized carbons (Fsp3) is 0.0952. The molecule has 1 heteroatoms. The van der Waals surface area contributed by atoms with Crippen molar-refractivity contribution >= 4 is 28.2 Å². The van der Waals surface area contributed by atoms with Crippen molar-refractivity contribution in [1.82, 2.24) is 0 Å². The van der Waals surface area contributed by atoms with Gasteiger partial charge in [0.2, 0.25) is 0 Å². The van der Waals surface area contributed by atoms with Crippen LogP contribution in [0.1, 0.15) is 23.6 Å². The molecule has 22 heavy (non-hydrogen) atoms. The predicted molar refractivity (Wildman–Crippen MR) is 95.0 cm³/mol. The Hall–Kier alpha value is -2.67. The molecule has 1 heterocycles. The Balaban J connectivity index is 1.88. The zero-order valence-corrected chi connectivity index (χ0v) is 12.6. The first kappa shape index (κ1) is 13.0. The van der Waals surface area contributed by atoms with E-state index >= 15 is 0 Å². The van der Waals surface area contributed by atoms with Gasteiger partial charge in [-0.1, -0.05) is 60.7 Å². The Morgan fingerprint density at radius 3 is 2.73 bits per heavy atom. The number of allylic oxidation sites excluding steroid dienone is 1. The quantitative estimate of drug-likeness (QED) is 0.584. The molecule has 0 aromatic heterocycles. The standard InChI is InChI=1S/C21H17N/c1-2-6-15-11-12-16-8-5-9-18(19(16)13-15)21-14-17-7-3-4-10-20(17)22-21/h2-13H,14H2,1H3/b6-2+. The summed E-state index contributed by atoms with van der Waals surface area (Å²) in [5.41, 5.74) is 6.08. The number of benzene rings is 3. The molecular formula is C21H17N. The number of hydrogen-bond acceptors (Lipinski definition) is 1. The number of aliphatic imine (C=N–C) groups is 1. The van der Waals surface area contributed by atoms with Crippen molar-refractivity contribution in [3.63, 3.8) is 0 Å². The van der Waals surface area contributed by atoms with Gasteiger partial charge in [0.15, 0.2) is 0 Å². The summed E-state index contributed by atoms with van der Waals surface area (Å²) in [6.07, 6.45) is 5.14. The van der Waals surface area contributed by atoms with Crippen LogP contribution in [-0.4, -0.2) is 5.71 Å². The Kier molecular flexibility index (Phi) is 3.12. The highest BCUT2D eigenvalue weighted by molar-refractivity contribution is 6.14. The summed E-state index contributed by atoms with van der Waals surface area (Å²) in [4.78, 5) is 4.85. The summed E-state index contributed by atoms with van der Waals surface area (Å²) in [5, 5.41) is 2.55. The fourth-order valence-corrected chi connectivity index (χ4v) is 3.13. The van der Waals surface area contributed by atoms with Crippen LogP contribution in [0.15, 0.2) is 71.7 Å². The predicted octanol–water partition coefficient (Wildman–Crippen LogP) is 5.55. The lowest BCUT2D eigenvalue weighted by Gasteiger charge is -2.07. The molecule has 1 aliphatic rings. The molecule has 0 spiro atoms. The molecule has 0 radical (unpaired) electrons. The van der Waals surface area contributed by atoms with Gasteiger partial charge in [-0.05, 0) is 41.0 Å². The lowest BCUT2D eigenvalue weighted by atomic mass is 9.96. The molecule has 106 valence electrons. The molecule has 0 bridgehead atoms. The van der Waals surface area contributed by atoms with E-state index in [-0.39, 0.29) is 0 Å². The summed E-state index contributed by atoms with van der Waals surface area (Å²) in [6.45, 7) is 2.05. The van der Waals surface area contributed by atoms with Gasteiger partial charge in [-0.2, -0.15) is 0 Å². The second kappa shape index (κ2) is 5.27. The molecule has 1 nitrogen and oxygen atoms in total. The molecule has 0 unspecified atom stereocenters. The van der Waals surface area contributed by atoms with E-state index in [4.69, 9.17) is 4.99 Å². The third kappa shape index (κ3) is 2.15. The highest BCUT2D eigenvalue weighted by Gasteiger charge is 2.17. The van der Waals surface area contributed by atoms with Gasteiger partial charge in [0.25, 0.3) is 0 Å². The first-order chi connectivity index (χ1) is 10.8. The second-order valence-electron chi connectivity index (χ2n) is 5.65. The van der Waals surface area contributed by atoms with Gasteiger partial charge in [-0.25, -0.2) is 0 Å². The first-order valence-corrected chi connectivity index (χ1v) is 7.66. The molecule has 4 rings (SSSR count). The number of fused-ring (bicyclic) bond motifs is 2. The maximum atomic E-state index is 4.85. The average molecular weight is 283 g/mol. The van der Waals surface area contributed by atoms with Crippen LogP contribution < -0.4 is 0 Å². The van der Waals surface area contributed by atoms with Gasteiger partial charge in [0, 0.05) is 12.0 Å². The monoisotopic (exact) mass is 283 g/mol. The van der Waals surface area contributed by atoms with Crippen LogP contribution in [0.3, 0.4) is 0 Å². The van der Waals surface area contributed by atoms with Crippen LogP contribution in [-0.2, 0) is 6.42 Å². The largest absolute Gasteiger partial charge is 0.252 e. The van der Waals surface area contributed by atoms with Crippen molar-refractivity contribution in [2.75, 3.05) is 0 Å². The van der Waals surface area contributed by atoms with Crippen molar-refractivity contribution in [3.05, 3.63) is 83.4 Å². The molecule has 0 amide bonds. The van der Waals surface area contributed by atoms with Crippen LogP contribution in [0.5, 0.6) is 0 Å². The highest BCUT2D eigenvalue weighted by atomic mass is 14.8. The minimum absolute atomic E-state index is 0.920. The van der Waals surface area contributed by atoms with Gasteiger partial charge in [0.05, 0.1) is 11.4 Å². The molecule has 0 saturated carbocycles. The number of para-hydroxylation sites is 1. The van der Waals surface area contributed by atoms with Crippen LogP contribution in [0.25, 0.3) is 16.8 Å². The third-order valence-corrected chi connectivity index (χ3v) is 4.18. The Morgan fingerprint density at radius 2 is 1.86 bits per heavy atom. The highest BCUT2D eigenvalue weighted by Crippen LogP contribution is 2.31. The van der Waals surface area contributed by atoms with E-state index in [2.05, 4.69) is 72.8 Å². The van der Waals surface area contributed by atoms with Crippen LogP contribution in [0, 0.1) is 0 Å². The van der Waals surface area contributed by atoms with E-state index in [0.717, 1.165) is 12.1 Å². The molecule has 0 aliphatic carbocycles. The van der Waals surface area contributed by atoms with E-state index in [1.165, 1.54) is 33.2 Å². The summed E-state index contributed by atoms with van der Waals surface area (Å²) < 4.78 is 0. The second-order valence-corrected chi connectivity index (χ2v) is 5.65. The SMILES string of the molecule is C/C=C/c1ccc2cccc(C3=Nc4ccccc4C3)c2c1. The van der Waals surface area contributed by atoms with Crippen molar-refractivity contribution in [1.29, 1.82) is 0 Å². The summed E-state index contributed by atoms with van der Waals surface area (Å²) >= 11 is 0. The lowest BCUT2D eigenvalue weighted by molar-refractivity contribution is 1.39. The smallest absolute Gasteiger partial charge is 0.0669 e. The van der Waals surface area contributed by atoms with Crippen molar-refractivity contribution < 1.29 is 0 Å². The number of hydrogen-bond donors (Lipinski definition) is 0. The van der Waals surface area contributed by atoms with Gasteiger partial charge < -0.3 is 0 Å². The van der Waals surface area contributed by atoms with Crippen molar-refractivity contribution in [3.8, 4) is 0 Å². The first-order valence-electron chi connectivity index (χ1n) is 7.66. The Labute approximate surface area is 130 Å². The molecule has 0 saturated heterocycles. The van der Waals surface area contributed by atoms with Crippen LogP contribution in [0.2, 0.25) is 0 Å². The Bertz CT molecular complexity index is 916. The van der Waals surface area contributed by atoms with Crippen molar-refractivity contribution in [2.24, 2.45) is 4.99 Å². The zero-order chi connectivity index (χ0) is 14.9. The maximum Gasteiger partial charge on any atom is 0.0669 e. The van der Waals surface area contributed by atoms with Gasteiger partial charge in [-0.15, -0.1) is 0 Å². The normalized spacial score (nSPS) is 13.6. The van der Waals surface area contributed by atoms with Crippen molar-refractivity contribution in [2.45, 2.75) is 13.3 Å². The van der Waals surface area contributed by atoms with E-state index in [0.29, 0.717) is 0 Å². The molecule has 3 aromatic carbocycles. The summed E-state index contributed by atoms with van der Waals surface area (Å²) in [5.74, 6) is 0. The fourth-order valence-electron chi connectivity index (χ4n) is 3.13. The van der Waals surface area contributed by atoms with Gasteiger partial charge >= 0.3 is 0 Å². The van der Waals surface area contributed by atoms with Gasteiger partial charge in [0.1, 0.15) is 0 Å². The Morgan fingerprint density at radius 1 is 0.955 bits per heavy atom. The topological polar surface area (TPSA) is 12.4 Å². The number of rotatable bonds is 2. The molecule has 3 aromatic rings. The minimum Gasteiger partial charge on any atom is -0.252 e. The maximum absolute atomic E-state index is 4.85. The molecule has 1 aliphatic heterocycles. The summed E-state index contributed by atoms with van der Waals surface area (Å²) in [7, 11) is 0. The average Bonchev–Trinajstić information content (AvgIpc) is 2.98. The van der Waals surface area contributed by atoms with Gasteiger partial charge in [-0.3, -0.25) is 4.99 Å². The summed E-state index contributed by atoms with van der Waals surface area (Å²) in [6, 6.07) is 21.5. The van der Waals surface area contributed by atoms with Crippen LogP contribution in [0.4, 0.5) is 5.69 Å². The molecular weight excluding hydrogens is 266 g/mol. The van der Waals surface area contributed by atoms with E-state index in [9.17, 15) is 0 Å². The minimum atomic E-state index is 0.920. The number of nitrogens with zero attached hydrogens (tertiary/aromatic N) is 1. The zero-order valence-electron chi connectivity index (χ0n) is 12.6. The van der Waals surface area contributed by atoms with E-state index < -0.39 is 0 Å².